The molecule has 0 saturated carbocycles. The van der Waals surface area contributed by atoms with Crippen LogP contribution in [-0.2, 0) is 0 Å². The molecule has 0 fully saturated rings. The summed E-state index contributed by atoms with van der Waals surface area (Å²) in [6, 6.07) is 7.54. The van der Waals surface area contributed by atoms with Crippen LogP contribution in [0.25, 0.3) is 23.0 Å². The number of aromatic hydroxyl groups is 2. The van der Waals surface area contributed by atoms with Crippen LogP contribution in [-0.4, -0.2) is 37.7 Å². The van der Waals surface area contributed by atoms with Crippen LogP contribution < -0.4 is 4.74 Å². The third-order valence-corrected chi connectivity index (χ3v) is 2.74. The van der Waals surface area contributed by atoms with Gasteiger partial charge in [-0.25, -0.2) is 0 Å². The molecule has 0 aliphatic heterocycles. The molecule has 106 valence electrons. The number of methoxy groups -OCH3 is 1. The summed E-state index contributed by atoms with van der Waals surface area (Å²) in [5.74, 6) is 0.207. The van der Waals surface area contributed by atoms with E-state index in [1.807, 2.05) is 0 Å². The molecule has 0 atom stereocenters. The van der Waals surface area contributed by atoms with Crippen LogP contribution in [0.5, 0.6) is 17.4 Å². The van der Waals surface area contributed by atoms with Crippen molar-refractivity contribution in [3.63, 3.8) is 0 Å². The number of hydrogen-bond donors (Lipinski definition) is 2. The van der Waals surface area contributed by atoms with Crippen molar-refractivity contribution in [1.82, 2.24) is 20.3 Å². The predicted octanol–water partition coefficient (Wildman–Crippen LogP) is 1.61. The summed E-state index contributed by atoms with van der Waals surface area (Å²) in [5.41, 5.74) is 0.443. The fraction of sp³-hybridized carbons (Fsp3) is 0.0769. The average molecular weight is 286 g/mol. The maximum absolute atomic E-state index is 9.76. The van der Waals surface area contributed by atoms with Gasteiger partial charge in [0.2, 0.25) is 11.7 Å². The Morgan fingerprint density at radius 3 is 2.43 bits per heavy atom. The fourth-order valence-corrected chi connectivity index (χ4v) is 1.72. The van der Waals surface area contributed by atoms with Crippen LogP contribution in [0.1, 0.15) is 0 Å². The SMILES string of the molecule is COc1ccc(-c2noc(-c3c(O)cccc3O)n2)nn1. The lowest BCUT2D eigenvalue weighted by Crippen LogP contribution is -1.93. The van der Waals surface area contributed by atoms with Gasteiger partial charge in [-0.15, -0.1) is 10.2 Å². The third kappa shape index (κ3) is 2.34. The molecule has 3 aromatic rings. The first kappa shape index (κ1) is 12.9. The van der Waals surface area contributed by atoms with Gasteiger partial charge >= 0.3 is 0 Å². The topological polar surface area (TPSA) is 114 Å². The van der Waals surface area contributed by atoms with Gasteiger partial charge in [-0.2, -0.15) is 4.98 Å². The van der Waals surface area contributed by atoms with Gasteiger partial charge < -0.3 is 19.5 Å². The number of nitrogens with zero attached hydrogens (tertiary/aromatic N) is 4. The van der Waals surface area contributed by atoms with E-state index in [4.69, 9.17) is 9.26 Å². The van der Waals surface area contributed by atoms with E-state index in [0.29, 0.717) is 11.6 Å². The maximum atomic E-state index is 9.76. The van der Waals surface area contributed by atoms with E-state index < -0.39 is 0 Å². The van der Waals surface area contributed by atoms with E-state index in [1.165, 1.54) is 25.3 Å². The quantitative estimate of drug-likeness (QED) is 0.746. The first-order chi connectivity index (χ1) is 10.2. The summed E-state index contributed by atoms with van der Waals surface area (Å²) in [4.78, 5) is 4.09. The molecule has 0 aliphatic rings. The van der Waals surface area contributed by atoms with Gasteiger partial charge in [0, 0.05) is 6.07 Å². The lowest BCUT2D eigenvalue weighted by atomic mass is 10.2. The van der Waals surface area contributed by atoms with Gasteiger partial charge in [-0.3, -0.25) is 0 Å². The zero-order valence-corrected chi connectivity index (χ0v) is 10.9. The monoisotopic (exact) mass is 286 g/mol. The molecular formula is C13H10N4O4. The Morgan fingerprint density at radius 2 is 1.81 bits per heavy atom. The maximum Gasteiger partial charge on any atom is 0.265 e. The molecule has 21 heavy (non-hydrogen) atoms. The Morgan fingerprint density at radius 1 is 1.05 bits per heavy atom. The standard InChI is InChI=1S/C13H10N4O4/c1-20-10-6-5-7(15-16-10)12-14-13(21-17-12)11-8(18)3-2-4-9(11)19/h2-6,18-19H,1H3. The van der Waals surface area contributed by atoms with E-state index >= 15 is 0 Å². The molecule has 0 amide bonds. The van der Waals surface area contributed by atoms with Crippen molar-refractivity contribution >= 4 is 0 Å². The molecule has 2 N–H and O–H groups in total. The number of benzene rings is 1. The normalized spacial score (nSPS) is 10.5. The Kier molecular flexibility index (Phi) is 3.11. The Bertz CT molecular complexity index is 750. The molecule has 8 heteroatoms. The minimum Gasteiger partial charge on any atom is -0.507 e. The van der Waals surface area contributed by atoms with Crippen molar-refractivity contribution in [3.8, 4) is 40.4 Å². The highest BCUT2D eigenvalue weighted by molar-refractivity contribution is 5.70. The highest BCUT2D eigenvalue weighted by atomic mass is 16.5. The average Bonchev–Trinajstić information content (AvgIpc) is 2.97. The number of rotatable bonds is 3. The smallest absolute Gasteiger partial charge is 0.265 e. The molecule has 0 unspecified atom stereocenters. The predicted molar refractivity (Wildman–Crippen MR) is 70.6 cm³/mol. The third-order valence-electron chi connectivity index (χ3n) is 2.74. The molecule has 8 nitrogen and oxygen atoms in total. The Hall–Kier alpha value is -3.16. The molecule has 0 aliphatic carbocycles. The van der Waals surface area contributed by atoms with Crippen molar-refractivity contribution in [1.29, 1.82) is 0 Å². The van der Waals surface area contributed by atoms with E-state index in [1.54, 1.807) is 12.1 Å². The molecule has 1 aromatic carbocycles. The zero-order chi connectivity index (χ0) is 14.8. The largest absolute Gasteiger partial charge is 0.507 e. The van der Waals surface area contributed by atoms with Crippen molar-refractivity contribution in [2.45, 2.75) is 0 Å². The van der Waals surface area contributed by atoms with Crippen LogP contribution in [0.4, 0.5) is 0 Å². The van der Waals surface area contributed by atoms with E-state index in [-0.39, 0.29) is 28.8 Å². The van der Waals surface area contributed by atoms with E-state index in [0.717, 1.165) is 0 Å². The highest BCUT2D eigenvalue weighted by Crippen LogP contribution is 2.36. The first-order valence-corrected chi connectivity index (χ1v) is 5.92. The molecule has 2 heterocycles. The molecule has 0 bridgehead atoms. The van der Waals surface area contributed by atoms with Gasteiger partial charge in [-0.05, 0) is 18.2 Å². The Labute approximate surface area is 118 Å². The van der Waals surface area contributed by atoms with E-state index in [9.17, 15) is 10.2 Å². The van der Waals surface area contributed by atoms with Crippen LogP contribution in [0, 0.1) is 0 Å². The molecule has 0 saturated heterocycles. The zero-order valence-electron chi connectivity index (χ0n) is 10.9. The molecule has 3 rings (SSSR count). The first-order valence-electron chi connectivity index (χ1n) is 5.92. The second kappa shape index (κ2) is 5.08. The fourth-order valence-electron chi connectivity index (χ4n) is 1.72. The summed E-state index contributed by atoms with van der Waals surface area (Å²) in [5, 5.41) is 31.0. The van der Waals surface area contributed by atoms with Gasteiger partial charge in [-0.1, -0.05) is 11.2 Å². The van der Waals surface area contributed by atoms with Gasteiger partial charge in [0.1, 0.15) is 22.8 Å². The number of phenols is 2. The van der Waals surface area contributed by atoms with Gasteiger partial charge in [0.05, 0.1) is 7.11 Å². The summed E-state index contributed by atoms with van der Waals surface area (Å²) in [7, 11) is 1.48. The van der Waals surface area contributed by atoms with Gasteiger partial charge in [0.15, 0.2) is 0 Å². The minimum absolute atomic E-state index is 0.0155. The van der Waals surface area contributed by atoms with Crippen LogP contribution in [0.2, 0.25) is 0 Å². The Balaban J connectivity index is 1.99. The van der Waals surface area contributed by atoms with Crippen LogP contribution >= 0.6 is 0 Å². The lowest BCUT2D eigenvalue weighted by Gasteiger charge is -2.00. The number of hydrogen-bond acceptors (Lipinski definition) is 8. The number of phenolic OH excluding ortho intramolecular Hbond substituents is 2. The van der Waals surface area contributed by atoms with Gasteiger partial charge in [0.25, 0.3) is 5.89 Å². The second-order valence-electron chi connectivity index (χ2n) is 4.06. The summed E-state index contributed by atoms with van der Waals surface area (Å²) in [6.45, 7) is 0. The highest BCUT2D eigenvalue weighted by Gasteiger charge is 2.18. The minimum atomic E-state index is -0.161. The van der Waals surface area contributed by atoms with Crippen molar-refractivity contribution < 1.29 is 19.5 Å². The van der Waals surface area contributed by atoms with Crippen LogP contribution in [0.3, 0.4) is 0 Å². The van der Waals surface area contributed by atoms with Crippen molar-refractivity contribution in [2.24, 2.45) is 0 Å². The lowest BCUT2D eigenvalue weighted by molar-refractivity contribution is 0.392. The molecule has 0 radical (unpaired) electrons. The molecular weight excluding hydrogens is 276 g/mol. The second-order valence-corrected chi connectivity index (χ2v) is 4.06. The molecule has 2 aromatic heterocycles. The van der Waals surface area contributed by atoms with Crippen LogP contribution in [0.15, 0.2) is 34.9 Å². The summed E-state index contributed by atoms with van der Waals surface area (Å²) in [6.07, 6.45) is 0. The summed E-state index contributed by atoms with van der Waals surface area (Å²) < 4.78 is 9.95. The molecule has 0 spiro atoms. The van der Waals surface area contributed by atoms with Crippen molar-refractivity contribution in [3.05, 3.63) is 30.3 Å². The summed E-state index contributed by atoms with van der Waals surface area (Å²) >= 11 is 0. The number of ether oxygens (including phenoxy) is 1. The van der Waals surface area contributed by atoms with Crippen molar-refractivity contribution in [2.75, 3.05) is 7.11 Å². The number of aromatic nitrogens is 4. The van der Waals surface area contributed by atoms with E-state index in [2.05, 4.69) is 20.3 Å².